The van der Waals surface area contributed by atoms with E-state index in [9.17, 15) is 5.11 Å². The van der Waals surface area contributed by atoms with Crippen molar-refractivity contribution in [1.82, 2.24) is 9.78 Å². The van der Waals surface area contributed by atoms with Gasteiger partial charge in [-0.05, 0) is 31.2 Å². The van der Waals surface area contributed by atoms with E-state index in [0.717, 1.165) is 24.5 Å². The molecule has 1 N–H and O–H groups in total. The van der Waals surface area contributed by atoms with Gasteiger partial charge < -0.3 is 5.11 Å². The highest BCUT2D eigenvalue weighted by atomic mass is 16.3. The van der Waals surface area contributed by atoms with Crippen LogP contribution >= 0.6 is 0 Å². The molecule has 3 heteroatoms. The van der Waals surface area contributed by atoms with E-state index in [0.29, 0.717) is 6.04 Å². The highest BCUT2D eigenvalue weighted by molar-refractivity contribution is 5.02. The molecule has 0 spiro atoms. The van der Waals surface area contributed by atoms with Crippen LogP contribution in [0.2, 0.25) is 0 Å². The van der Waals surface area contributed by atoms with Gasteiger partial charge >= 0.3 is 0 Å². The zero-order valence-corrected chi connectivity index (χ0v) is 12.5. The monoisotopic (exact) mass is 276 g/mol. The number of hydrogen-bond acceptors (Lipinski definition) is 2. The molecule has 112 valence electrons. The normalized spacial score (nSPS) is 23.2. The quantitative estimate of drug-likeness (QED) is 0.886. The molecule has 0 saturated heterocycles. The van der Waals surface area contributed by atoms with Gasteiger partial charge in [0.1, 0.15) is 0 Å². The Bertz CT molecular complexity index is 403. The van der Waals surface area contributed by atoms with Crippen LogP contribution in [0.5, 0.6) is 0 Å². The lowest BCUT2D eigenvalue weighted by molar-refractivity contribution is 0.129. The average molecular weight is 276 g/mol. The largest absolute Gasteiger partial charge is 0.393 e. The Morgan fingerprint density at radius 2 is 1.80 bits per heavy atom. The Morgan fingerprint density at radius 3 is 2.55 bits per heavy atom. The van der Waals surface area contributed by atoms with Crippen molar-refractivity contribution in [1.29, 1.82) is 0 Å². The third-order valence-corrected chi connectivity index (χ3v) is 5.14. The lowest BCUT2D eigenvalue weighted by Crippen LogP contribution is -2.18. The van der Waals surface area contributed by atoms with Crippen molar-refractivity contribution in [2.75, 3.05) is 0 Å². The van der Waals surface area contributed by atoms with Crippen LogP contribution in [-0.4, -0.2) is 21.0 Å². The van der Waals surface area contributed by atoms with Gasteiger partial charge in [0.05, 0.1) is 17.8 Å². The number of rotatable bonds is 5. The molecule has 1 heterocycles. The van der Waals surface area contributed by atoms with E-state index < -0.39 is 0 Å². The molecule has 0 amide bonds. The van der Waals surface area contributed by atoms with Crippen LogP contribution in [0.1, 0.15) is 75.9 Å². The third kappa shape index (κ3) is 3.63. The van der Waals surface area contributed by atoms with Crippen LogP contribution in [0, 0.1) is 5.92 Å². The predicted octanol–water partition coefficient (Wildman–Crippen LogP) is 3.87. The summed E-state index contributed by atoms with van der Waals surface area (Å²) in [5, 5.41) is 15.0. The summed E-state index contributed by atoms with van der Waals surface area (Å²) in [7, 11) is 0. The minimum absolute atomic E-state index is 0.204. The van der Waals surface area contributed by atoms with Crippen molar-refractivity contribution in [3.05, 3.63) is 18.0 Å². The summed E-state index contributed by atoms with van der Waals surface area (Å²) >= 11 is 0. The molecule has 1 aromatic rings. The van der Waals surface area contributed by atoms with Crippen molar-refractivity contribution >= 4 is 0 Å². The Kier molecular flexibility index (Phi) is 4.77. The van der Waals surface area contributed by atoms with E-state index in [1.165, 1.54) is 57.8 Å². The molecule has 1 atom stereocenters. The summed E-state index contributed by atoms with van der Waals surface area (Å²) in [5.41, 5.74) is 1.07. The molecular formula is C17H28N2O. The van der Waals surface area contributed by atoms with Crippen molar-refractivity contribution < 1.29 is 5.11 Å². The van der Waals surface area contributed by atoms with E-state index in [1.54, 1.807) is 0 Å². The highest BCUT2D eigenvalue weighted by Gasteiger charge is 2.20. The van der Waals surface area contributed by atoms with Gasteiger partial charge in [0, 0.05) is 12.6 Å². The maximum Gasteiger partial charge on any atom is 0.0650 e. The molecule has 20 heavy (non-hydrogen) atoms. The summed E-state index contributed by atoms with van der Waals surface area (Å²) in [6, 6.07) is 2.71. The van der Waals surface area contributed by atoms with Crippen LogP contribution in [0.4, 0.5) is 0 Å². The summed E-state index contributed by atoms with van der Waals surface area (Å²) in [6.45, 7) is 0. The van der Waals surface area contributed by atoms with Gasteiger partial charge in [0.25, 0.3) is 0 Å². The molecule has 0 bridgehead atoms. The first-order valence-corrected chi connectivity index (χ1v) is 8.53. The molecular weight excluding hydrogens is 248 g/mol. The van der Waals surface area contributed by atoms with E-state index in [2.05, 4.69) is 22.0 Å². The lowest BCUT2D eigenvalue weighted by atomic mass is 9.85. The maximum atomic E-state index is 10.3. The molecule has 2 aliphatic carbocycles. The van der Waals surface area contributed by atoms with Gasteiger partial charge in [-0.1, -0.05) is 44.9 Å². The van der Waals surface area contributed by atoms with Crippen molar-refractivity contribution in [3.63, 3.8) is 0 Å². The van der Waals surface area contributed by atoms with Gasteiger partial charge in [-0.15, -0.1) is 0 Å². The zero-order chi connectivity index (χ0) is 13.8. The van der Waals surface area contributed by atoms with Crippen molar-refractivity contribution in [3.8, 4) is 0 Å². The van der Waals surface area contributed by atoms with Gasteiger partial charge in [0.2, 0.25) is 0 Å². The first kappa shape index (κ1) is 14.1. The Labute approximate surface area is 122 Å². The predicted molar refractivity (Wildman–Crippen MR) is 80.6 cm³/mol. The smallest absolute Gasteiger partial charge is 0.0650 e. The minimum atomic E-state index is -0.204. The van der Waals surface area contributed by atoms with E-state index in [-0.39, 0.29) is 6.10 Å². The Balaban J connectivity index is 1.49. The van der Waals surface area contributed by atoms with Crippen LogP contribution in [0.15, 0.2) is 12.3 Å². The van der Waals surface area contributed by atoms with E-state index >= 15 is 0 Å². The average Bonchev–Trinajstić information content (AvgIpc) is 3.10. The van der Waals surface area contributed by atoms with E-state index in [1.807, 2.05) is 0 Å². The molecule has 1 unspecified atom stereocenters. The van der Waals surface area contributed by atoms with Crippen LogP contribution < -0.4 is 0 Å². The molecule has 0 aliphatic heterocycles. The van der Waals surface area contributed by atoms with Crippen LogP contribution in [-0.2, 0) is 6.42 Å². The third-order valence-electron chi connectivity index (χ3n) is 5.14. The molecule has 1 aromatic heterocycles. The van der Waals surface area contributed by atoms with Gasteiger partial charge in [-0.2, -0.15) is 5.10 Å². The summed E-state index contributed by atoms with van der Waals surface area (Å²) < 4.78 is 2.13. The topological polar surface area (TPSA) is 38.0 Å². The maximum absolute atomic E-state index is 10.3. The lowest BCUT2D eigenvalue weighted by Gasteiger charge is -2.23. The number of hydrogen-bond donors (Lipinski definition) is 1. The van der Waals surface area contributed by atoms with Crippen LogP contribution in [0.25, 0.3) is 0 Å². The first-order valence-electron chi connectivity index (χ1n) is 8.53. The standard InChI is InChI=1S/C17H28N2O/c20-17(12-14-6-2-1-3-7-14)13-15-10-11-19(18-15)16-8-4-5-9-16/h10-11,14,16-17,20H,1-9,12-13H2. The fraction of sp³-hybridized carbons (Fsp3) is 0.824. The Morgan fingerprint density at radius 1 is 1.10 bits per heavy atom. The summed E-state index contributed by atoms with van der Waals surface area (Å²) in [6.07, 6.45) is 15.5. The highest BCUT2D eigenvalue weighted by Crippen LogP contribution is 2.30. The molecule has 2 aliphatic rings. The second-order valence-electron chi connectivity index (χ2n) is 6.82. The number of aliphatic hydroxyl groups is 1. The molecule has 0 aromatic carbocycles. The molecule has 3 nitrogen and oxygen atoms in total. The van der Waals surface area contributed by atoms with E-state index in [4.69, 9.17) is 0 Å². The van der Waals surface area contributed by atoms with Crippen LogP contribution in [0.3, 0.4) is 0 Å². The minimum Gasteiger partial charge on any atom is -0.393 e. The first-order chi connectivity index (χ1) is 9.81. The number of aliphatic hydroxyl groups excluding tert-OH is 1. The second kappa shape index (κ2) is 6.75. The SMILES string of the molecule is OC(Cc1ccn(C2CCCC2)n1)CC1CCCCC1. The number of nitrogens with zero attached hydrogens (tertiary/aromatic N) is 2. The number of aromatic nitrogens is 2. The fourth-order valence-corrected chi connectivity index (χ4v) is 3.99. The summed E-state index contributed by atoms with van der Waals surface area (Å²) in [4.78, 5) is 0. The Hall–Kier alpha value is -0.830. The molecule has 2 fully saturated rings. The van der Waals surface area contributed by atoms with Gasteiger partial charge in [0.15, 0.2) is 0 Å². The second-order valence-corrected chi connectivity index (χ2v) is 6.82. The van der Waals surface area contributed by atoms with Gasteiger partial charge in [-0.25, -0.2) is 0 Å². The fourth-order valence-electron chi connectivity index (χ4n) is 3.99. The summed E-state index contributed by atoms with van der Waals surface area (Å²) in [5.74, 6) is 0.746. The van der Waals surface area contributed by atoms with Crippen molar-refractivity contribution in [2.24, 2.45) is 5.92 Å². The molecule has 2 saturated carbocycles. The molecule has 3 rings (SSSR count). The van der Waals surface area contributed by atoms with Gasteiger partial charge in [-0.3, -0.25) is 4.68 Å². The van der Waals surface area contributed by atoms with Crippen molar-refractivity contribution in [2.45, 2.75) is 82.8 Å². The zero-order valence-electron chi connectivity index (χ0n) is 12.5. The molecule has 0 radical (unpaired) electrons.